The van der Waals surface area contributed by atoms with E-state index < -0.39 is 0 Å². The fraction of sp³-hybridized carbons (Fsp3) is 0.105. The van der Waals surface area contributed by atoms with E-state index in [1.54, 1.807) is 36.7 Å². The van der Waals surface area contributed by atoms with Crippen LogP contribution >= 0.6 is 0 Å². The molecule has 1 aromatic carbocycles. The molecule has 4 aromatic rings. The van der Waals surface area contributed by atoms with Crippen LogP contribution in [0.15, 0.2) is 59.3 Å². The first-order valence-electron chi connectivity index (χ1n) is 8.47. The number of fused-ring (bicyclic) bond motifs is 1. The number of pyridine rings is 1. The molecule has 5 N–H and O–H groups in total. The van der Waals surface area contributed by atoms with Crippen LogP contribution in [0.25, 0.3) is 22.6 Å². The number of aromatic amines is 1. The van der Waals surface area contributed by atoms with Crippen molar-refractivity contribution in [2.24, 2.45) is 0 Å². The number of nitrogens with one attached hydrogen (secondary N) is 3. The number of nitrogens with two attached hydrogens (primary N) is 1. The van der Waals surface area contributed by atoms with E-state index in [9.17, 15) is 4.79 Å². The van der Waals surface area contributed by atoms with Crippen molar-refractivity contribution < 1.29 is 9.21 Å². The van der Waals surface area contributed by atoms with E-state index in [4.69, 9.17) is 10.2 Å². The molecule has 0 atom stereocenters. The number of aromatic nitrogens is 3. The maximum absolute atomic E-state index is 12.6. The van der Waals surface area contributed by atoms with Crippen molar-refractivity contribution in [3.05, 3.63) is 60.5 Å². The lowest BCUT2D eigenvalue weighted by atomic mass is 10.1. The number of furan rings is 1. The van der Waals surface area contributed by atoms with Crippen molar-refractivity contribution in [1.82, 2.24) is 20.3 Å². The molecule has 0 saturated carbocycles. The molecule has 4 rings (SSSR count). The van der Waals surface area contributed by atoms with Gasteiger partial charge in [-0.2, -0.15) is 0 Å². The van der Waals surface area contributed by atoms with Gasteiger partial charge in [-0.3, -0.25) is 4.79 Å². The van der Waals surface area contributed by atoms with Gasteiger partial charge in [0.05, 0.1) is 29.2 Å². The highest BCUT2D eigenvalue weighted by Gasteiger charge is 2.15. The van der Waals surface area contributed by atoms with Crippen LogP contribution in [0.4, 0.5) is 11.5 Å². The van der Waals surface area contributed by atoms with Gasteiger partial charge in [0.25, 0.3) is 5.91 Å². The third-order valence-corrected chi connectivity index (χ3v) is 4.01. The maximum Gasteiger partial charge on any atom is 0.253 e. The Labute approximate surface area is 154 Å². The Bertz CT molecular complexity index is 1050. The number of benzene rings is 1. The number of para-hydroxylation sites is 1. The Morgan fingerprint density at radius 1 is 1.15 bits per heavy atom. The van der Waals surface area contributed by atoms with E-state index in [0.717, 1.165) is 5.52 Å². The molecule has 0 spiro atoms. The molecule has 0 aliphatic carbocycles. The molecule has 0 unspecified atom stereocenters. The van der Waals surface area contributed by atoms with Gasteiger partial charge in [-0.1, -0.05) is 6.07 Å². The number of anilines is 2. The van der Waals surface area contributed by atoms with Gasteiger partial charge in [0.2, 0.25) is 0 Å². The molecule has 136 valence electrons. The normalized spacial score (nSPS) is 10.8. The molecule has 0 radical (unpaired) electrons. The predicted molar refractivity (Wildman–Crippen MR) is 103 cm³/mol. The molecule has 0 aliphatic rings. The van der Waals surface area contributed by atoms with Crippen LogP contribution in [0.2, 0.25) is 0 Å². The van der Waals surface area contributed by atoms with Crippen molar-refractivity contribution in [1.29, 1.82) is 0 Å². The summed E-state index contributed by atoms with van der Waals surface area (Å²) < 4.78 is 5.36. The molecule has 0 aliphatic heterocycles. The summed E-state index contributed by atoms with van der Waals surface area (Å²) >= 11 is 0. The quantitative estimate of drug-likeness (QED) is 0.391. The second-order valence-electron chi connectivity index (χ2n) is 5.92. The van der Waals surface area contributed by atoms with Gasteiger partial charge in [-0.05, 0) is 36.4 Å². The number of amides is 1. The highest BCUT2D eigenvalue weighted by molar-refractivity contribution is 6.05. The zero-order chi connectivity index (χ0) is 18.6. The van der Waals surface area contributed by atoms with Crippen LogP contribution in [0.3, 0.4) is 0 Å². The third-order valence-electron chi connectivity index (χ3n) is 4.01. The number of imidazole rings is 1. The third kappa shape index (κ3) is 3.59. The zero-order valence-corrected chi connectivity index (χ0v) is 14.4. The monoisotopic (exact) mass is 362 g/mol. The Balaban J connectivity index is 1.42. The van der Waals surface area contributed by atoms with Crippen LogP contribution in [-0.4, -0.2) is 33.9 Å². The van der Waals surface area contributed by atoms with Gasteiger partial charge in [0.1, 0.15) is 11.3 Å². The Morgan fingerprint density at radius 2 is 2.07 bits per heavy atom. The summed E-state index contributed by atoms with van der Waals surface area (Å²) in [7, 11) is 0. The Morgan fingerprint density at radius 3 is 2.85 bits per heavy atom. The van der Waals surface area contributed by atoms with Gasteiger partial charge in [0.15, 0.2) is 11.6 Å². The smallest absolute Gasteiger partial charge is 0.253 e. The number of carbonyl (C=O) groups is 1. The number of hydrogen-bond acceptors (Lipinski definition) is 6. The molecule has 1 amide bonds. The van der Waals surface area contributed by atoms with Gasteiger partial charge >= 0.3 is 0 Å². The first kappa shape index (κ1) is 16.6. The van der Waals surface area contributed by atoms with E-state index in [0.29, 0.717) is 47.3 Å². The Kier molecular flexibility index (Phi) is 4.44. The van der Waals surface area contributed by atoms with Gasteiger partial charge in [-0.15, -0.1) is 0 Å². The predicted octanol–water partition coefficient (Wildman–Crippen LogP) is 2.64. The zero-order valence-electron chi connectivity index (χ0n) is 14.4. The number of carbonyl (C=O) groups excluding carboxylic acids is 1. The van der Waals surface area contributed by atoms with E-state index in [1.165, 1.54) is 0 Å². The van der Waals surface area contributed by atoms with Crippen LogP contribution in [0, 0.1) is 0 Å². The van der Waals surface area contributed by atoms with Gasteiger partial charge < -0.3 is 25.8 Å². The van der Waals surface area contributed by atoms with Crippen molar-refractivity contribution >= 4 is 28.4 Å². The van der Waals surface area contributed by atoms with Crippen LogP contribution in [0.5, 0.6) is 0 Å². The topological polar surface area (TPSA) is 122 Å². The minimum Gasteiger partial charge on any atom is -0.461 e. The van der Waals surface area contributed by atoms with Crippen LogP contribution in [0.1, 0.15) is 10.4 Å². The molecular formula is C19H18N6O2. The molecule has 3 aromatic heterocycles. The molecule has 27 heavy (non-hydrogen) atoms. The number of H-pyrrole nitrogens is 1. The number of hydrogen-bond donors (Lipinski definition) is 4. The number of rotatable bonds is 6. The van der Waals surface area contributed by atoms with E-state index in [2.05, 4.69) is 25.6 Å². The molecule has 0 fully saturated rings. The number of nitrogens with zero attached hydrogens (tertiary/aromatic N) is 2. The highest BCUT2D eigenvalue weighted by Crippen LogP contribution is 2.23. The molecule has 8 heteroatoms. The summed E-state index contributed by atoms with van der Waals surface area (Å²) in [5, 5.41) is 6.01. The standard InChI is InChI=1S/C19H18N6O2/c20-12-6-7-16(23-11-12)21-8-9-22-19(26)13-3-1-4-14-17(13)25-18(24-14)15-5-2-10-27-15/h1-7,10-11H,8-9,20H2,(H,21,23)(H,22,26)(H,24,25). The second kappa shape index (κ2) is 7.20. The average Bonchev–Trinajstić information content (AvgIpc) is 3.35. The summed E-state index contributed by atoms with van der Waals surface area (Å²) in [5.41, 5.74) is 8.10. The van der Waals surface area contributed by atoms with Crippen molar-refractivity contribution in [3.63, 3.8) is 0 Å². The lowest BCUT2D eigenvalue weighted by molar-refractivity contribution is 0.0956. The minimum atomic E-state index is -0.190. The summed E-state index contributed by atoms with van der Waals surface area (Å²) in [6.45, 7) is 0.980. The lowest BCUT2D eigenvalue weighted by Gasteiger charge is -2.08. The fourth-order valence-electron chi connectivity index (χ4n) is 2.72. The number of nitrogen functional groups attached to an aromatic ring is 1. The first-order chi connectivity index (χ1) is 13.2. The lowest BCUT2D eigenvalue weighted by Crippen LogP contribution is -2.29. The molecule has 0 saturated heterocycles. The SMILES string of the molecule is Nc1ccc(NCCNC(=O)c2cccc3[nH]c(-c4ccco4)nc23)nc1. The van der Waals surface area contributed by atoms with Crippen LogP contribution in [-0.2, 0) is 0 Å². The maximum atomic E-state index is 12.6. The van der Waals surface area contributed by atoms with Crippen molar-refractivity contribution in [2.75, 3.05) is 24.1 Å². The summed E-state index contributed by atoms with van der Waals surface area (Å²) in [6, 6.07) is 12.6. The molecular weight excluding hydrogens is 344 g/mol. The molecule has 3 heterocycles. The van der Waals surface area contributed by atoms with Gasteiger partial charge in [0, 0.05) is 13.1 Å². The van der Waals surface area contributed by atoms with Crippen LogP contribution < -0.4 is 16.4 Å². The second-order valence-corrected chi connectivity index (χ2v) is 5.92. The fourth-order valence-corrected chi connectivity index (χ4v) is 2.72. The van der Waals surface area contributed by atoms with E-state index >= 15 is 0 Å². The molecule has 0 bridgehead atoms. The largest absolute Gasteiger partial charge is 0.461 e. The van der Waals surface area contributed by atoms with E-state index in [-0.39, 0.29) is 5.91 Å². The van der Waals surface area contributed by atoms with E-state index in [1.807, 2.05) is 18.2 Å². The summed E-state index contributed by atoms with van der Waals surface area (Å²) in [5.74, 6) is 1.73. The van der Waals surface area contributed by atoms with Crippen molar-refractivity contribution in [2.45, 2.75) is 0 Å². The Hall–Kier alpha value is -3.81. The summed E-state index contributed by atoms with van der Waals surface area (Å²) in [4.78, 5) is 24.4. The molecule has 8 nitrogen and oxygen atoms in total. The van der Waals surface area contributed by atoms with Gasteiger partial charge in [-0.25, -0.2) is 9.97 Å². The average molecular weight is 362 g/mol. The first-order valence-corrected chi connectivity index (χ1v) is 8.47. The minimum absolute atomic E-state index is 0.190. The summed E-state index contributed by atoms with van der Waals surface area (Å²) in [6.07, 6.45) is 3.16. The highest BCUT2D eigenvalue weighted by atomic mass is 16.3. The van der Waals surface area contributed by atoms with Crippen molar-refractivity contribution in [3.8, 4) is 11.6 Å².